The molecule has 1 aromatic rings. The first kappa shape index (κ1) is 19.8. The van der Waals surface area contributed by atoms with Crippen LogP contribution in [0.2, 0.25) is 0 Å². The summed E-state index contributed by atoms with van der Waals surface area (Å²) in [7, 11) is 0. The standard InChI is InChI=1S/C10H20N2O.C7H8N2O2/c1-9(2)5-7(8(11)13)6-10(3,4)12-9;8-5-3-1-2-4(6(5)9)7(10)11/h7,12H,5-6H2,1-4H3,(H2,11,13);1-3H,8-9H2,(H,10,11). The number of rotatable bonds is 2. The number of carboxylic acids is 1. The molecule has 0 bridgehead atoms. The summed E-state index contributed by atoms with van der Waals surface area (Å²) in [4.78, 5) is 21.6. The molecule has 0 unspecified atom stereocenters. The number of carbonyl (C=O) groups is 2. The van der Waals surface area contributed by atoms with E-state index in [1.807, 2.05) is 0 Å². The lowest BCUT2D eigenvalue weighted by Gasteiger charge is -2.45. The summed E-state index contributed by atoms with van der Waals surface area (Å²) in [5, 5.41) is 12.1. The highest BCUT2D eigenvalue weighted by Gasteiger charge is 2.39. The maximum absolute atomic E-state index is 11.1. The monoisotopic (exact) mass is 336 g/mol. The fraction of sp³-hybridized carbons (Fsp3) is 0.529. The molecule has 0 aromatic heterocycles. The SMILES string of the molecule is CC1(C)CC(C(N)=O)CC(C)(C)N1.Nc1cccc(C(=O)O)c1N. The molecule has 1 aromatic carbocycles. The van der Waals surface area contributed by atoms with Gasteiger partial charge in [-0.2, -0.15) is 0 Å². The van der Waals surface area contributed by atoms with Crippen LogP contribution >= 0.6 is 0 Å². The number of primary amides is 1. The Hall–Kier alpha value is -2.28. The first-order chi connectivity index (χ1) is 10.8. The van der Waals surface area contributed by atoms with Crippen LogP contribution < -0.4 is 22.5 Å². The van der Waals surface area contributed by atoms with Gasteiger partial charge < -0.3 is 27.6 Å². The molecule has 0 aliphatic carbocycles. The topological polar surface area (TPSA) is 144 Å². The van der Waals surface area contributed by atoms with Crippen LogP contribution in [-0.2, 0) is 4.79 Å². The van der Waals surface area contributed by atoms with Crippen LogP contribution in [-0.4, -0.2) is 28.1 Å². The van der Waals surface area contributed by atoms with Crippen LogP contribution in [0.4, 0.5) is 11.4 Å². The highest BCUT2D eigenvalue weighted by atomic mass is 16.4. The second-order valence-corrected chi connectivity index (χ2v) is 7.51. The molecule has 8 N–H and O–H groups in total. The zero-order valence-electron chi connectivity index (χ0n) is 14.7. The number of benzene rings is 1. The molecule has 24 heavy (non-hydrogen) atoms. The van der Waals surface area contributed by atoms with Crippen molar-refractivity contribution in [2.75, 3.05) is 11.5 Å². The largest absolute Gasteiger partial charge is 0.478 e. The van der Waals surface area contributed by atoms with Crippen LogP contribution in [0.25, 0.3) is 0 Å². The molecule has 0 spiro atoms. The van der Waals surface area contributed by atoms with E-state index < -0.39 is 5.97 Å². The van der Waals surface area contributed by atoms with Crippen molar-refractivity contribution in [1.29, 1.82) is 0 Å². The van der Waals surface area contributed by atoms with Crippen LogP contribution in [0.15, 0.2) is 18.2 Å². The van der Waals surface area contributed by atoms with Gasteiger partial charge in [-0.1, -0.05) is 6.07 Å². The Labute approximate surface area is 142 Å². The predicted octanol–water partition coefficient (Wildman–Crippen LogP) is 1.58. The van der Waals surface area contributed by atoms with Gasteiger partial charge in [-0.3, -0.25) is 4.79 Å². The fourth-order valence-electron chi connectivity index (χ4n) is 3.29. The molecule has 2 rings (SSSR count). The minimum atomic E-state index is -1.06. The van der Waals surface area contributed by atoms with Gasteiger partial charge in [0.25, 0.3) is 0 Å². The highest BCUT2D eigenvalue weighted by Crippen LogP contribution is 2.32. The van der Waals surface area contributed by atoms with Gasteiger partial charge in [0, 0.05) is 17.0 Å². The van der Waals surface area contributed by atoms with E-state index in [0.717, 1.165) is 12.8 Å². The molecule has 1 amide bonds. The first-order valence-corrected chi connectivity index (χ1v) is 7.80. The van der Waals surface area contributed by atoms with Gasteiger partial charge in [0.1, 0.15) is 0 Å². The van der Waals surface area contributed by atoms with E-state index in [9.17, 15) is 9.59 Å². The number of nitrogen functional groups attached to an aromatic ring is 2. The number of carboxylic acid groups (broad SMARTS) is 1. The van der Waals surface area contributed by atoms with E-state index >= 15 is 0 Å². The lowest BCUT2D eigenvalue weighted by Crippen LogP contribution is -2.59. The Kier molecular flexibility index (Phi) is 5.84. The van der Waals surface area contributed by atoms with E-state index in [-0.39, 0.29) is 34.2 Å². The molecule has 1 saturated heterocycles. The summed E-state index contributed by atoms with van der Waals surface area (Å²) in [6.07, 6.45) is 1.68. The van der Waals surface area contributed by atoms with Gasteiger partial charge in [-0.05, 0) is 52.7 Å². The van der Waals surface area contributed by atoms with Crippen LogP contribution in [0, 0.1) is 5.92 Å². The Bertz CT molecular complexity index is 610. The molecule has 0 radical (unpaired) electrons. The molecule has 134 valence electrons. The molecule has 7 heteroatoms. The van der Waals surface area contributed by atoms with Gasteiger partial charge in [-0.15, -0.1) is 0 Å². The van der Waals surface area contributed by atoms with Gasteiger partial charge in [0.2, 0.25) is 5.91 Å². The number of anilines is 2. The third-order valence-electron chi connectivity index (χ3n) is 3.96. The van der Waals surface area contributed by atoms with Crippen molar-refractivity contribution in [2.45, 2.75) is 51.6 Å². The maximum Gasteiger partial charge on any atom is 0.337 e. The average molecular weight is 336 g/mol. The molecule has 1 heterocycles. The number of nitrogens with two attached hydrogens (primary N) is 3. The Morgan fingerprint density at radius 3 is 2.00 bits per heavy atom. The maximum atomic E-state index is 11.1. The zero-order chi connectivity index (χ0) is 18.7. The van der Waals surface area contributed by atoms with Crippen molar-refractivity contribution in [1.82, 2.24) is 5.32 Å². The summed E-state index contributed by atoms with van der Waals surface area (Å²) in [5.41, 5.74) is 16.6. The number of hydrogen-bond donors (Lipinski definition) is 5. The van der Waals surface area contributed by atoms with Gasteiger partial charge in [0.05, 0.1) is 16.9 Å². The van der Waals surface area contributed by atoms with E-state index in [0.29, 0.717) is 5.69 Å². The van der Waals surface area contributed by atoms with E-state index in [2.05, 4.69) is 33.0 Å². The molecule has 1 aliphatic heterocycles. The molecule has 7 nitrogen and oxygen atoms in total. The third-order valence-corrected chi connectivity index (χ3v) is 3.96. The van der Waals surface area contributed by atoms with Crippen LogP contribution in [0.3, 0.4) is 0 Å². The Balaban J connectivity index is 0.000000243. The zero-order valence-corrected chi connectivity index (χ0v) is 14.7. The molecule has 1 fully saturated rings. The lowest BCUT2D eigenvalue weighted by molar-refractivity contribution is -0.124. The fourth-order valence-corrected chi connectivity index (χ4v) is 3.29. The van der Waals surface area contributed by atoms with Crippen molar-refractivity contribution >= 4 is 23.3 Å². The number of carbonyl (C=O) groups excluding carboxylic acids is 1. The minimum Gasteiger partial charge on any atom is -0.478 e. The van der Waals surface area contributed by atoms with Crippen LogP contribution in [0.1, 0.15) is 50.9 Å². The normalized spacial score (nSPS) is 19.0. The second kappa shape index (κ2) is 7.09. The Morgan fingerprint density at radius 2 is 1.62 bits per heavy atom. The van der Waals surface area contributed by atoms with Crippen molar-refractivity contribution in [2.24, 2.45) is 11.7 Å². The second-order valence-electron chi connectivity index (χ2n) is 7.51. The molecular formula is C17H28N4O3. The van der Waals surface area contributed by atoms with E-state index in [1.54, 1.807) is 12.1 Å². The van der Waals surface area contributed by atoms with E-state index in [1.165, 1.54) is 6.07 Å². The summed E-state index contributed by atoms with van der Waals surface area (Å²) in [6, 6.07) is 4.52. The summed E-state index contributed by atoms with van der Waals surface area (Å²) >= 11 is 0. The van der Waals surface area contributed by atoms with Crippen molar-refractivity contribution in [3.8, 4) is 0 Å². The molecule has 0 saturated carbocycles. The number of aromatic carboxylic acids is 1. The number of nitrogens with one attached hydrogen (secondary N) is 1. The van der Waals surface area contributed by atoms with Crippen molar-refractivity contribution in [3.63, 3.8) is 0 Å². The first-order valence-electron chi connectivity index (χ1n) is 7.80. The molecule has 0 atom stereocenters. The number of piperidine rings is 1. The average Bonchev–Trinajstić information content (AvgIpc) is 2.38. The molecular weight excluding hydrogens is 308 g/mol. The highest BCUT2D eigenvalue weighted by molar-refractivity contribution is 5.96. The number of para-hydroxylation sites is 1. The third kappa shape index (κ3) is 5.42. The smallest absolute Gasteiger partial charge is 0.337 e. The lowest BCUT2D eigenvalue weighted by atomic mass is 9.76. The van der Waals surface area contributed by atoms with Crippen molar-refractivity contribution < 1.29 is 14.7 Å². The van der Waals surface area contributed by atoms with Gasteiger partial charge >= 0.3 is 5.97 Å². The number of hydrogen-bond acceptors (Lipinski definition) is 5. The number of amides is 1. The molecule has 1 aliphatic rings. The minimum absolute atomic E-state index is 0.0153. The van der Waals surface area contributed by atoms with Gasteiger partial charge in [-0.25, -0.2) is 4.79 Å². The Morgan fingerprint density at radius 1 is 1.12 bits per heavy atom. The summed E-state index contributed by atoms with van der Waals surface area (Å²) < 4.78 is 0. The summed E-state index contributed by atoms with van der Waals surface area (Å²) in [6.45, 7) is 8.46. The van der Waals surface area contributed by atoms with Crippen LogP contribution in [0.5, 0.6) is 0 Å². The van der Waals surface area contributed by atoms with E-state index in [4.69, 9.17) is 22.3 Å². The predicted molar refractivity (Wildman–Crippen MR) is 95.4 cm³/mol. The summed E-state index contributed by atoms with van der Waals surface area (Å²) in [5.74, 6) is -1.20. The quantitative estimate of drug-likeness (QED) is 0.518. The van der Waals surface area contributed by atoms with Crippen molar-refractivity contribution in [3.05, 3.63) is 23.8 Å². The van der Waals surface area contributed by atoms with Gasteiger partial charge in [0.15, 0.2) is 0 Å².